The third-order valence-electron chi connectivity index (χ3n) is 7.55. The predicted molar refractivity (Wildman–Crippen MR) is 138 cm³/mol. The molecule has 11 nitrogen and oxygen atoms in total. The first-order chi connectivity index (χ1) is 19.3. The minimum Gasteiger partial charge on any atom is -0.443 e. The van der Waals surface area contributed by atoms with Crippen LogP contribution in [-0.4, -0.2) is 59.5 Å². The quantitative estimate of drug-likeness (QED) is 0.379. The van der Waals surface area contributed by atoms with E-state index in [-0.39, 0.29) is 22.8 Å². The highest BCUT2D eigenvalue weighted by atomic mass is 19.4. The second-order valence-electron chi connectivity index (χ2n) is 11.6. The van der Waals surface area contributed by atoms with Gasteiger partial charge in [-0.25, -0.2) is 19.3 Å². The Balaban J connectivity index is 1.51. The maximum absolute atomic E-state index is 14.2. The lowest BCUT2D eigenvalue weighted by atomic mass is 9.74. The second-order valence-corrected chi connectivity index (χ2v) is 11.6. The van der Waals surface area contributed by atoms with Gasteiger partial charge in [-0.05, 0) is 71.1 Å². The summed E-state index contributed by atoms with van der Waals surface area (Å²) in [5.74, 6) is -5.98. The molecule has 42 heavy (non-hydrogen) atoms. The van der Waals surface area contributed by atoms with Gasteiger partial charge < -0.3 is 20.5 Å². The van der Waals surface area contributed by atoms with Gasteiger partial charge in [-0.15, -0.1) is 0 Å². The van der Waals surface area contributed by atoms with Gasteiger partial charge in [-0.3, -0.25) is 14.2 Å². The van der Waals surface area contributed by atoms with Crippen LogP contribution < -0.4 is 16.2 Å². The van der Waals surface area contributed by atoms with Crippen LogP contribution in [0.3, 0.4) is 0 Å². The summed E-state index contributed by atoms with van der Waals surface area (Å²) in [5, 5.41) is 16.1. The topological polar surface area (TPSA) is 140 Å². The summed E-state index contributed by atoms with van der Waals surface area (Å²) in [5.41, 5.74) is -6.29. The van der Waals surface area contributed by atoms with Crippen molar-refractivity contribution in [1.82, 2.24) is 24.4 Å². The highest BCUT2D eigenvalue weighted by Gasteiger charge is 2.71. The number of nitrogens with one attached hydrogen (secondary N) is 2. The molecule has 1 saturated carbocycles. The van der Waals surface area contributed by atoms with E-state index < -0.39 is 72.2 Å². The third-order valence-corrected chi connectivity index (χ3v) is 7.55. The van der Waals surface area contributed by atoms with Crippen LogP contribution in [0, 0.1) is 6.92 Å². The van der Waals surface area contributed by atoms with Crippen molar-refractivity contribution in [3.63, 3.8) is 0 Å². The van der Waals surface area contributed by atoms with Crippen LogP contribution in [0.4, 0.5) is 38.3 Å². The van der Waals surface area contributed by atoms with Crippen LogP contribution >= 0.6 is 0 Å². The molecule has 0 unspecified atom stereocenters. The van der Waals surface area contributed by atoms with Gasteiger partial charge >= 0.3 is 18.2 Å². The Morgan fingerprint density at radius 2 is 1.74 bits per heavy atom. The molecule has 3 N–H and O–H groups in total. The van der Waals surface area contributed by atoms with Crippen molar-refractivity contribution in [2.75, 3.05) is 5.32 Å². The number of carbonyl (C=O) groups excluding carboxylic acids is 2. The Hall–Kier alpha value is -4.08. The number of hydrogen-bond donors (Lipinski definition) is 3. The minimum atomic E-state index is -5.99. The fourth-order valence-electron chi connectivity index (χ4n) is 5.49. The SMILES string of the molecule is Cc1cc(Nc2ncnc3c2ccn3C(=O)OC(C)(C)C)c(=O)n2c1C(=O)NC21CCC(O)(C(F)(F)C(F)(F)F)CC1. The second kappa shape index (κ2) is 9.21. The van der Waals surface area contributed by atoms with Crippen LogP contribution in [0.5, 0.6) is 0 Å². The van der Waals surface area contributed by atoms with E-state index in [2.05, 4.69) is 20.6 Å². The lowest BCUT2D eigenvalue weighted by Crippen LogP contribution is -2.62. The molecule has 5 rings (SSSR count). The number of hydrogen-bond acceptors (Lipinski definition) is 8. The molecule has 1 aliphatic heterocycles. The van der Waals surface area contributed by atoms with Crippen molar-refractivity contribution in [3.8, 4) is 0 Å². The molecule has 1 spiro atoms. The van der Waals surface area contributed by atoms with E-state index in [9.17, 15) is 41.4 Å². The molecule has 0 atom stereocenters. The Kier molecular flexibility index (Phi) is 6.45. The molecule has 226 valence electrons. The number of amides is 1. The number of anilines is 2. The smallest absolute Gasteiger partial charge is 0.443 e. The summed E-state index contributed by atoms with van der Waals surface area (Å²) in [6.07, 6.45) is -7.31. The number of ether oxygens (including phenoxy) is 1. The van der Waals surface area contributed by atoms with E-state index >= 15 is 0 Å². The number of rotatable bonds is 3. The lowest BCUT2D eigenvalue weighted by molar-refractivity contribution is -0.349. The molecule has 0 radical (unpaired) electrons. The maximum Gasteiger partial charge on any atom is 0.456 e. The fraction of sp³-hybridized carbons (Fsp3) is 0.500. The largest absolute Gasteiger partial charge is 0.456 e. The zero-order valence-corrected chi connectivity index (χ0v) is 22.9. The standard InChI is InChI=1S/C26H27F5N6O5/c1-13-11-15(34-17-14-5-10-36(18(14)33-12-32-17)21(40)42-22(2,3)4)20(39)37-16(13)19(38)35-24(37)8-6-23(41,7-9-24)25(27,28)26(29,30)31/h5,10-12,41H,6-9H2,1-4H3,(H,35,38)(H,32,33,34). The highest BCUT2D eigenvalue weighted by Crippen LogP contribution is 2.52. The van der Waals surface area contributed by atoms with Crippen molar-refractivity contribution in [1.29, 1.82) is 0 Å². The molecule has 1 aliphatic carbocycles. The molecule has 3 aromatic heterocycles. The molecule has 3 aromatic rings. The van der Waals surface area contributed by atoms with E-state index in [1.807, 2.05) is 0 Å². The van der Waals surface area contributed by atoms with Crippen molar-refractivity contribution in [3.05, 3.63) is 46.3 Å². The van der Waals surface area contributed by atoms with Crippen LogP contribution in [0.1, 0.15) is 62.5 Å². The summed E-state index contributed by atoms with van der Waals surface area (Å²) < 4.78 is 75.1. The van der Waals surface area contributed by atoms with Crippen molar-refractivity contribution in [2.24, 2.45) is 0 Å². The van der Waals surface area contributed by atoms with Crippen molar-refractivity contribution < 1.29 is 41.4 Å². The molecule has 2 aliphatic rings. The number of alkyl halides is 5. The highest BCUT2D eigenvalue weighted by molar-refractivity contribution is 5.97. The van der Waals surface area contributed by atoms with Gasteiger partial charge in [0.25, 0.3) is 11.5 Å². The minimum absolute atomic E-state index is 0.0810. The molecule has 16 heteroatoms. The van der Waals surface area contributed by atoms with Crippen LogP contribution in [-0.2, 0) is 10.4 Å². The first-order valence-electron chi connectivity index (χ1n) is 12.9. The molecule has 1 fully saturated rings. The number of pyridine rings is 1. The number of carbonyl (C=O) groups is 2. The first-order valence-corrected chi connectivity index (χ1v) is 12.9. The summed E-state index contributed by atoms with van der Waals surface area (Å²) in [6.45, 7) is 6.62. The van der Waals surface area contributed by atoms with E-state index in [0.717, 1.165) is 15.5 Å². The number of aliphatic hydroxyl groups is 1. The third kappa shape index (κ3) is 4.48. The van der Waals surface area contributed by atoms with Gasteiger partial charge in [-0.2, -0.15) is 22.0 Å². The first kappa shape index (κ1) is 29.4. The maximum atomic E-state index is 14.2. The van der Waals surface area contributed by atoms with Crippen LogP contribution in [0.15, 0.2) is 29.5 Å². The normalized spacial score (nSPS) is 22.8. The summed E-state index contributed by atoms with van der Waals surface area (Å²) in [7, 11) is 0. The van der Waals surface area contributed by atoms with Crippen molar-refractivity contribution >= 4 is 34.5 Å². The van der Waals surface area contributed by atoms with Gasteiger partial charge in [0.1, 0.15) is 40.4 Å². The van der Waals surface area contributed by atoms with Crippen molar-refractivity contribution in [2.45, 2.75) is 82.3 Å². The van der Waals surface area contributed by atoms with Crippen LogP contribution in [0.25, 0.3) is 11.0 Å². The van der Waals surface area contributed by atoms with Gasteiger partial charge in [0, 0.05) is 6.20 Å². The van der Waals surface area contributed by atoms with Gasteiger partial charge in [0.2, 0.25) is 0 Å². The van der Waals surface area contributed by atoms with Gasteiger partial charge in [-0.1, -0.05) is 0 Å². The van der Waals surface area contributed by atoms with E-state index in [0.29, 0.717) is 10.9 Å². The molecule has 1 amide bonds. The summed E-state index contributed by atoms with van der Waals surface area (Å²) in [4.78, 5) is 47.6. The Morgan fingerprint density at radius 1 is 1.10 bits per heavy atom. The molecule has 0 bridgehead atoms. The van der Waals surface area contributed by atoms with Crippen LogP contribution in [0.2, 0.25) is 0 Å². The van der Waals surface area contributed by atoms with E-state index in [4.69, 9.17) is 4.74 Å². The molecule has 0 aromatic carbocycles. The average Bonchev–Trinajstić information content (AvgIpc) is 3.43. The number of halogens is 5. The monoisotopic (exact) mass is 598 g/mol. The van der Waals surface area contributed by atoms with Gasteiger partial charge in [0.15, 0.2) is 5.65 Å². The van der Waals surface area contributed by atoms with E-state index in [1.54, 1.807) is 20.8 Å². The number of fused-ring (bicyclic) bond motifs is 3. The number of nitrogens with zero attached hydrogens (tertiary/aromatic N) is 4. The molecule has 4 heterocycles. The van der Waals surface area contributed by atoms with Gasteiger partial charge in [0.05, 0.1) is 5.39 Å². The molecular formula is C26H27F5N6O5. The zero-order valence-electron chi connectivity index (χ0n) is 22.9. The Labute approximate surface area is 234 Å². The predicted octanol–water partition coefficient (Wildman–Crippen LogP) is 4.33. The Bertz CT molecular complexity index is 1660. The average molecular weight is 599 g/mol. The number of aryl methyl sites for hydroxylation is 1. The fourth-order valence-corrected chi connectivity index (χ4v) is 5.49. The van der Waals surface area contributed by atoms with E-state index in [1.165, 1.54) is 25.3 Å². The molecule has 0 saturated heterocycles. The lowest BCUT2D eigenvalue weighted by Gasteiger charge is -2.45. The Morgan fingerprint density at radius 3 is 2.33 bits per heavy atom. The number of aromatic nitrogens is 4. The molecular weight excluding hydrogens is 571 g/mol. The summed E-state index contributed by atoms with van der Waals surface area (Å²) in [6, 6.07) is 2.90. The summed E-state index contributed by atoms with van der Waals surface area (Å²) >= 11 is 0. The zero-order chi connectivity index (χ0) is 31.0.